The Morgan fingerprint density at radius 3 is 2.40 bits per heavy atom. The molecular weight excluding hydrogens is 323 g/mol. The van der Waals surface area contributed by atoms with Crippen LogP contribution in [-0.4, -0.2) is 16.9 Å². The maximum Gasteiger partial charge on any atom is 0.238 e. The fraction of sp³-hybridized carbons (Fsp3) is 0.182. The highest BCUT2D eigenvalue weighted by Crippen LogP contribution is 2.25. The van der Waals surface area contributed by atoms with Crippen LogP contribution < -0.4 is 21.9 Å². The molecule has 2 amide bonds. The molecule has 1 rings (SSSR count). The summed E-state index contributed by atoms with van der Waals surface area (Å²) in [7, 11) is 0. The molecule has 0 saturated carbocycles. The number of nitrogens with two attached hydrogens (primary N) is 1. The van der Waals surface area contributed by atoms with Crippen LogP contribution in [0.1, 0.15) is 12.8 Å². The number of carbonyl (C=O) groups is 2. The summed E-state index contributed by atoms with van der Waals surface area (Å²) >= 11 is 16.2. The van der Waals surface area contributed by atoms with Gasteiger partial charge in [-0.3, -0.25) is 20.4 Å². The van der Waals surface area contributed by atoms with Crippen LogP contribution in [0.15, 0.2) is 18.2 Å². The minimum atomic E-state index is -0.407. The number of carbonyl (C=O) groups excluding carboxylic acids is 2. The maximum atomic E-state index is 11.6. The smallest absolute Gasteiger partial charge is 0.238 e. The van der Waals surface area contributed by atoms with E-state index in [0.717, 1.165) is 0 Å². The predicted octanol–water partition coefficient (Wildman–Crippen LogP) is 1.58. The van der Waals surface area contributed by atoms with Crippen molar-refractivity contribution in [3.8, 4) is 0 Å². The Labute approximate surface area is 131 Å². The van der Waals surface area contributed by atoms with E-state index in [0.29, 0.717) is 15.7 Å². The predicted molar refractivity (Wildman–Crippen MR) is 82.4 cm³/mol. The van der Waals surface area contributed by atoms with Gasteiger partial charge in [0.1, 0.15) is 0 Å². The summed E-state index contributed by atoms with van der Waals surface area (Å²) in [6.45, 7) is 0. The van der Waals surface area contributed by atoms with Crippen LogP contribution in [0.3, 0.4) is 0 Å². The fourth-order valence-corrected chi connectivity index (χ4v) is 1.73. The largest absolute Gasteiger partial charge is 0.375 e. The number of hydrazine groups is 1. The van der Waals surface area contributed by atoms with Gasteiger partial charge in [-0.2, -0.15) is 0 Å². The first-order chi connectivity index (χ1) is 9.38. The summed E-state index contributed by atoms with van der Waals surface area (Å²) in [5, 5.41) is 3.31. The lowest BCUT2D eigenvalue weighted by atomic mass is 10.2. The van der Waals surface area contributed by atoms with Gasteiger partial charge < -0.3 is 11.1 Å². The number of thiocarbonyl (C=S) groups is 1. The van der Waals surface area contributed by atoms with Gasteiger partial charge in [-0.1, -0.05) is 23.2 Å². The van der Waals surface area contributed by atoms with Crippen molar-refractivity contribution in [2.45, 2.75) is 12.8 Å². The summed E-state index contributed by atoms with van der Waals surface area (Å²) in [4.78, 5) is 22.9. The third-order valence-corrected chi connectivity index (χ3v) is 2.76. The minimum absolute atomic E-state index is 0.0101. The molecule has 0 spiro atoms. The number of halogens is 2. The van der Waals surface area contributed by atoms with Gasteiger partial charge in [0.2, 0.25) is 11.8 Å². The van der Waals surface area contributed by atoms with Crippen molar-refractivity contribution in [3.05, 3.63) is 28.2 Å². The molecule has 6 nitrogen and oxygen atoms in total. The van der Waals surface area contributed by atoms with Gasteiger partial charge in [0.05, 0.1) is 10.7 Å². The Balaban J connectivity index is 2.40. The Bertz CT molecular complexity index is 539. The lowest BCUT2D eigenvalue weighted by Gasteiger charge is -2.08. The average molecular weight is 335 g/mol. The van der Waals surface area contributed by atoms with E-state index in [1.54, 1.807) is 12.1 Å². The maximum absolute atomic E-state index is 11.6. The number of anilines is 1. The van der Waals surface area contributed by atoms with Crippen molar-refractivity contribution < 1.29 is 9.59 Å². The van der Waals surface area contributed by atoms with E-state index >= 15 is 0 Å². The average Bonchev–Trinajstić information content (AvgIpc) is 2.37. The number of benzene rings is 1. The van der Waals surface area contributed by atoms with Crippen LogP contribution in [0.4, 0.5) is 5.69 Å². The molecule has 0 heterocycles. The van der Waals surface area contributed by atoms with Crippen LogP contribution in [0.5, 0.6) is 0 Å². The van der Waals surface area contributed by atoms with E-state index in [1.165, 1.54) is 6.07 Å². The summed E-state index contributed by atoms with van der Waals surface area (Å²) in [6, 6.07) is 4.69. The summed E-state index contributed by atoms with van der Waals surface area (Å²) in [5.41, 5.74) is 10.1. The summed E-state index contributed by atoms with van der Waals surface area (Å²) in [6.07, 6.45) is -0.0313. The van der Waals surface area contributed by atoms with E-state index in [1.807, 2.05) is 0 Å². The number of hydrogen-bond acceptors (Lipinski definition) is 3. The molecule has 0 bridgehead atoms. The SMILES string of the molecule is NC(=S)NNC(=O)CCC(=O)Nc1ccc(Cl)cc1Cl. The topological polar surface area (TPSA) is 96.2 Å². The van der Waals surface area contributed by atoms with Crippen molar-refractivity contribution in [1.82, 2.24) is 10.9 Å². The highest BCUT2D eigenvalue weighted by molar-refractivity contribution is 7.80. The zero-order valence-corrected chi connectivity index (χ0v) is 12.5. The van der Waals surface area contributed by atoms with Crippen molar-refractivity contribution in [3.63, 3.8) is 0 Å². The third kappa shape index (κ3) is 6.05. The Kier molecular flexibility index (Phi) is 6.50. The van der Waals surface area contributed by atoms with Crippen molar-refractivity contribution in [1.29, 1.82) is 0 Å². The first-order valence-corrected chi connectivity index (χ1v) is 6.64. The molecule has 0 radical (unpaired) electrons. The second-order valence-electron chi connectivity index (χ2n) is 3.71. The fourth-order valence-electron chi connectivity index (χ4n) is 1.22. The van der Waals surface area contributed by atoms with Crippen LogP contribution in [-0.2, 0) is 9.59 Å². The monoisotopic (exact) mass is 334 g/mol. The molecule has 0 aliphatic carbocycles. The lowest BCUT2D eigenvalue weighted by Crippen LogP contribution is -2.44. The van der Waals surface area contributed by atoms with Gasteiger partial charge in [-0.15, -0.1) is 0 Å². The molecule has 108 valence electrons. The molecule has 9 heteroatoms. The van der Waals surface area contributed by atoms with E-state index in [9.17, 15) is 9.59 Å². The number of hydrogen-bond donors (Lipinski definition) is 4. The first kappa shape index (κ1) is 16.5. The number of rotatable bonds is 4. The van der Waals surface area contributed by atoms with Gasteiger partial charge in [-0.25, -0.2) is 0 Å². The summed E-state index contributed by atoms with van der Waals surface area (Å²) in [5.74, 6) is -0.755. The molecule has 1 aromatic rings. The molecule has 1 aromatic carbocycles. The molecule has 0 unspecified atom stereocenters. The van der Waals surface area contributed by atoms with Gasteiger partial charge in [0.25, 0.3) is 0 Å². The van der Waals surface area contributed by atoms with Gasteiger partial charge in [0, 0.05) is 17.9 Å². The highest BCUT2D eigenvalue weighted by atomic mass is 35.5. The van der Waals surface area contributed by atoms with Crippen molar-refractivity contribution >= 4 is 58.0 Å². The number of nitrogens with one attached hydrogen (secondary N) is 3. The van der Waals surface area contributed by atoms with Gasteiger partial charge in [0.15, 0.2) is 5.11 Å². The molecule has 0 aliphatic heterocycles. The molecular formula is C11H12Cl2N4O2S. The van der Waals surface area contributed by atoms with Crippen LogP contribution in [0.25, 0.3) is 0 Å². The molecule has 0 aliphatic rings. The molecule has 0 aromatic heterocycles. The normalized spacial score (nSPS) is 9.70. The van der Waals surface area contributed by atoms with Crippen LogP contribution in [0.2, 0.25) is 10.0 Å². The third-order valence-electron chi connectivity index (χ3n) is 2.11. The minimum Gasteiger partial charge on any atom is -0.375 e. The quantitative estimate of drug-likeness (QED) is 0.495. The zero-order chi connectivity index (χ0) is 15.1. The number of amides is 2. The molecule has 20 heavy (non-hydrogen) atoms. The second-order valence-corrected chi connectivity index (χ2v) is 4.99. The van der Waals surface area contributed by atoms with Crippen molar-refractivity contribution in [2.75, 3.05) is 5.32 Å². The molecule has 0 fully saturated rings. The Morgan fingerprint density at radius 2 is 1.80 bits per heavy atom. The van der Waals surface area contributed by atoms with Gasteiger partial charge in [-0.05, 0) is 30.4 Å². The van der Waals surface area contributed by atoms with Crippen LogP contribution >= 0.6 is 35.4 Å². The van der Waals surface area contributed by atoms with Crippen LogP contribution in [0, 0.1) is 0 Å². The zero-order valence-electron chi connectivity index (χ0n) is 10.2. The van der Waals surface area contributed by atoms with Crippen molar-refractivity contribution in [2.24, 2.45) is 5.73 Å². The molecule has 0 atom stereocenters. The van der Waals surface area contributed by atoms with E-state index in [4.69, 9.17) is 28.9 Å². The van der Waals surface area contributed by atoms with Gasteiger partial charge >= 0.3 is 0 Å². The van der Waals surface area contributed by atoms with E-state index in [2.05, 4.69) is 28.4 Å². The first-order valence-electron chi connectivity index (χ1n) is 5.47. The second kappa shape index (κ2) is 7.88. The lowest BCUT2D eigenvalue weighted by molar-refractivity contribution is -0.124. The van der Waals surface area contributed by atoms with E-state index < -0.39 is 5.91 Å². The highest BCUT2D eigenvalue weighted by Gasteiger charge is 2.09. The standard InChI is InChI=1S/C11H12Cl2N4O2S/c12-6-1-2-8(7(13)5-6)15-9(18)3-4-10(19)16-17-11(14)20/h1-2,5H,3-4H2,(H,15,18)(H,16,19)(H3,14,17,20). The molecule has 0 saturated heterocycles. The molecule has 5 N–H and O–H groups in total. The Morgan fingerprint density at radius 1 is 1.15 bits per heavy atom. The summed E-state index contributed by atoms with van der Waals surface area (Å²) < 4.78 is 0. The Hall–Kier alpha value is -1.57. The van der Waals surface area contributed by atoms with E-state index in [-0.39, 0.29) is 23.9 Å².